The number of hydrogen-bond acceptors (Lipinski definition) is 4. The molecule has 1 rings (SSSR count). The highest BCUT2D eigenvalue weighted by molar-refractivity contribution is 6.16. The van der Waals surface area contributed by atoms with Gasteiger partial charge in [0.2, 0.25) is 11.6 Å². The van der Waals surface area contributed by atoms with Crippen LogP contribution in [-0.4, -0.2) is 11.6 Å². The van der Waals surface area contributed by atoms with Crippen LogP contribution in [0.5, 0.6) is 0 Å². The molecule has 0 saturated carbocycles. The monoisotopic (exact) mass is 310 g/mol. The molecule has 120 valence electrons. The van der Waals surface area contributed by atoms with Gasteiger partial charge in [0, 0.05) is 5.70 Å². The SMILES string of the molecule is C=C(/C=C\C=C/C)N/C1=C(\N)C(=O)/C(C)=C/C=C\C=C(/C)C1=O. The third kappa shape index (κ3) is 5.11. The maximum absolute atomic E-state index is 12.5. The molecule has 0 unspecified atom stereocenters. The van der Waals surface area contributed by atoms with Crippen molar-refractivity contribution < 1.29 is 9.59 Å². The second-order valence-electron chi connectivity index (χ2n) is 5.07. The first kappa shape index (κ1) is 18.2. The fourth-order valence-electron chi connectivity index (χ4n) is 1.81. The first-order valence-corrected chi connectivity index (χ1v) is 7.24. The normalized spacial score (nSPS) is 25.9. The fourth-order valence-corrected chi connectivity index (χ4v) is 1.81. The van der Waals surface area contributed by atoms with E-state index in [1.807, 2.05) is 19.1 Å². The summed E-state index contributed by atoms with van der Waals surface area (Å²) in [5.74, 6) is -0.721. The van der Waals surface area contributed by atoms with Crippen molar-refractivity contribution in [2.75, 3.05) is 0 Å². The summed E-state index contributed by atoms with van der Waals surface area (Å²) in [7, 11) is 0. The van der Waals surface area contributed by atoms with E-state index in [2.05, 4.69) is 11.9 Å². The number of nitrogens with one attached hydrogen (secondary N) is 1. The predicted molar refractivity (Wildman–Crippen MR) is 94.1 cm³/mol. The van der Waals surface area contributed by atoms with Crippen LogP contribution in [0.15, 0.2) is 83.4 Å². The van der Waals surface area contributed by atoms with Crippen molar-refractivity contribution in [2.24, 2.45) is 5.73 Å². The fraction of sp³-hybridized carbons (Fsp3) is 0.158. The molecule has 4 nitrogen and oxygen atoms in total. The van der Waals surface area contributed by atoms with E-state index in [9.17, 15) is 9.59 Å². The van der Waals surface area contributed by atoms with Gasteiger partial charge in [-0.25, -0.2) is 0 Å². The Hall–Kier alpha value is -2.88. The van der Waals surface area contributed by atoms with Gasteiger partial charge in [-0.1, -0.05) is 49.1 Å². The van der Waals surface area contributed by atoms with Crippen LogP contribution in [0.4, 0.5) is 0 Å². The number of carbonyl (C=O) groups excluding carboxylic acids is 2. The molecule has 0 heterocycles. The minimum absolute atomic E-state index is 0.0435. The summed E-state index contributed by atoms with van der Waals surface area (Å²) in [6.07, 6.45) is 13.9. The molecular formula is C19H22N2O2. The van der Waals surface area contributed by atoms with Gasteiger partial charge in [-0.05, 0) is 38.0 Å². The number of ketones is 2. The van der Waals surface area contributed by atoms with Gasteiger partial charge >= 0.3 is 0 Å². The zero-order chi connectivity index (χ0) is 17.4. The van der Waals surface area contributed by atoms with Gasteiger partial charge in [0.05, 0.1) is 0 Å². The molecule has 0 aromatic rings. The molecule has 0 radical (unpaired) electrons. The zero-order valence-corrected chi connectivity index (χ0v) is 13.7. The number of allylic oxidation sites excluding steroid dienone is 10. The molecule has 3 N–H and O–H groups in total. The lowest BCUT2D eigenvalue weighted by molar-refractivity contribution is -0.115. The van der Waals surface area contributed by atoms with Gasteiger partial charge in [0.15, 0.2) is 0 Å². The van der Waals surface area contributed by atoms with Gasteiger partial charge in [0.25, 0.3) is 0 Å². The molecule has 0 aromatic carbocycles. The van der Waals surface area contributed by atoms with E-state index >= 15 is 0 Å². The average molecular weight is 310 g/mol. The molecule has 0 spiro atoms. The van der Waals surface area contributed by atoms with Gasteiger partial charge in [-0.2, -0.15) is 0 Å². The lowest BCUT2D eigenvalue weighted by atomic mass is 10.0. The van der Waals surface area contributed by atoms with Crippen molar-refractivity contribution >= 4 is 11.6 Å². The molecule has 23 heavy (non-hydrogen) atoms. The Kier molecular flexibility index (Phi) is 6.74. The van der Waals surface area contributed by atoms with Crippen LogP contribution in [0.1, 0.15) is 20.8 Å². The van der Waals surface area contributed by atoms with Gasteiger partial charge in [-0.15, -0.1) is 0 Å². The van der Waals surface area contributed by atoms with Crippen LogP contribution in [0.3, 0.4) is 0 Å². The van der Waals surface area contributed by atoms with Crippen molar-refractivity contribution in [3.8, 4) is 0 Å². The summed E-state index contributed by atoms with van der Waals surface area (Å²) in [5, 5.41) is 2.85. The number of carbonyl (C=O) groups is 2. The summed E-state index contributed by atoms with van der Waals surface area (Å²) in [6.45, 7) is 9.03. The number of Topliss-reactive ketones (excluding diaryl/α,β-unsaturated/α-hetero) is 2. The highest BCUT2D eigenvalue weighted by Gasteiger charge is 2.21. The third-order valence-corrected chi connectivity index (χ3v) is 3.15. The predicted octanol–water partition coefficient (Wildman–Crippen LogP) is 2.99. The lowest BCUT2D eigenvalue weighted by Gasteiger charge is -2.14. The average Bonchev–Trinajstić information content (AvgIpc) is 2.53. The maximum atomic E-state index is 12.5. The second kappa shape index (κ2) is 8.54. The third-order valence-electron chi connectivity index (χ3n) is 3.15. The van der Waals surface area contributed by atoms with Crippen LogP contribution in [0.25, 0.3) is 0 Å². The van der Waals surface area contributed by atoms with E-state index in [0.29, 0.717) is 16.8 Å². The topological polar surface area (TPSA) is 72.2 Å². The van der Waals surface area contributed by atoms with Crippen LogP contribution in [0, 0.1) is 0 Å². The van der Waals surface area contributed by atoms with E-state index in [0.717, 1.165) is 0 Å². The van der Waals surface area contributed by atoms with E-state index in [4.69, 9.17) is 5.73 Å². The zero-order valence-electron chi connectivity index (χ0n) is 13.7. The van der Waals surface area contributed by atoms with Crippen molar-refractivity contribution in [1.29, 1.82) is 0 Å². The summed E-state index contributed by atoms with van der Waals surface area (Å²) in [6, 6.07) is 0. The van der Waals surface area contributed by atoms with E-state index in [-0.39, 0.29) is 23.0 Å². The number of rotatable bonds is 4. The smallest absolute Gasteiger partial charge is 0.207 e. The van der Waals surface area contributed by atoms with Crippen LogP contribution >= 0.6 is 0 Å². The van der Waals surface area contributed by atoms with Gasteiger partial charge in [-0.3, -0.25) is 9.59 Å². The molecule has 1 aliphatic carbocycles. The van der Waals surface area contributed by atoms with Crippen LogP contribution in [-0.2, 0) is 9.59 Å². The summed E-state index contributed by atoms with van der Waals surface area (Å²) >= 11 is 0. The molecular weight excluding hydrogens is 288 g/mol. The summed E-state index contributed by atoms with van der Waals surface area (Å²) in [4.78, 5) is 24.8. The Morgan fingerprint density at radius 2 is 1.65 bits per heavy atom. The quantitative estimate of drug-likeness (QED) is 0.783. The molecule has 0 aliphatic heterocycles. The first-order chi connectivity index (χ1) is 10.9. The number of nitrogens with two attached hydrogens (primary N) is 1. The van der Waals surface area contributed by atoms with Crippen molar-refractivity contribution in [3.05, 3.63) is 83.4 Å². The Labute approximate surface area is 137 Å². The molecule has 0 bridgehead atoms. The Morgan fingerprint density at radius 3 is 2.22 bits per heavy atom. The molecule has 1 aliphatic rings. The molecule has 0 fully saturated rings. The minimum atomic E-state index is -0.384. The number of hydrogen-bond donors (Lipinski definition) is 2. The summed E-state index contributed by atoms with van der Waals surface area (Å²) < 4.78 is 0. The lowest BCUT2D eigenvalue weighted by Crippen LogP contribution is -2.28. The minimum Gasteiger partial charge on any atom is -0.394 e. The standard InChI is InChI=1S/C19H22N2O2/c1-5-6-7-12-15(4)21-17-16(20)18(22)13(2)10-8-9-11-14(3)19(17)23/h5-12,21H,4,20H2,1-3H3/b6-5-,9-8-,12-7-,13-10+,14-11+,17-16-. The van der Waals surface area contributed by atoms with E-state index in [1.165, 1.54) is 0 Å². The van der Waals surface area contributed by atoms with Gasteiger partial charge in [0.1, 0.15) is 11.4 Å². The van der Waals surface area contributed by atoms with Crippen LogP contribution < -0.4 is 11.1 Å². The highest BCUT2D eigenvalue weighted by Crippen LogP contribution is 2.13. The van der Waals surface area contributed by atoms with Crippen molar-refractivity contribution in [1.82, 2.24) is 5.32 Å². The Morgan fingerprint density at radius 1 is 1.09 bits per heavy atom. The van der Waals surface area contributed by atoms with Crippen LogP contribution in [0.2, 0.25) is 0 Å². The Balaban J connectivity index is 3.28. The molecule has 0 atom stereocenters. The molecule has 0 saturated heterocycles. The highest BCUT2D eigenvalue weighted by atomic mass is 16.1. The molecule has 0 amide bonds. The first-order valence-electron chi connectivity index (χ1n) is 7.24. The van der Waals surface area contributed by atoms with Crippen molar-refractivity contribution in [3.63, 3.8) is 0 Å². The van der Waals surface area contributed by atoms with E-state index < -0.39 is 0 Å². The second-order valence-corrected chi connectivity index (χ2v) is 5.07. The Bertz CT molecular complexity index is 699. The summed E-state index contributed by atoms with van der Waals surface area (Å²) in [5.41, 5.74) is 7.24. The van der Waals surface area contributed by atoms with E-state index in [1.54, 1.807) is 50.3 Å². The van der Waals surface area contributed by atoms with Gasteiger partial charge < -0.3 is 11.1 Å². The molecule has 4 heteroatoms. The molecule has 0 aromatic heterocycles. The largest absolute Gasteiger partial charge is 0.394 e. The maximum Gasteiger partial charge on any atom is 0.207 e. The van der Waals surface area contributed by atoms with Crippen molar-refractivity contribution in [2.45, 2.75) is 20.8 Å².